The molecule has 0 radical (unpaired) electrons. The van der Waals surface area contributed by atoms with E-state index in [9.17, 15) is 0 Å². The Labute approximate surface area is 109 Å². The summed E-state index contributed by atoms with van der Waals surface area (Å²) in [7, 11) is 1.85. The lowest BCUT2D eigenvalue weighted by atomic mass is 10.2. The number of hydrogen-bond donors (Lipinski definition) is 0. The van der Waals surface area contributed by atoms with E-state index in [0.29, 0.717) is 11.0 Å². The molecule has 0 fully saturated rings. The molecule has 0 saturated heterocycles. The first kappa shape index (κ1) is 12.1. The van der Waals surface area contributed by atoms with Gasteiger partial charge in [-0.2, -0.15) is 4.98 Å². The molecule has 0 bridgehead atoms. The van der Waals surface area contributed by atoms with Gasteiger partial charge in [-0.1, -0.05) is 35.5 Å². The number of thioether (sulfide) groups is 1. The molecule has 0 aliphatic rings. The standard InChI is InChI=1S/C11H11ClN4S/c1-16-11(17-2)14-10(15-16)13-7-8-3-5-9(12)6-4-8/h3-7H,1-2H3. The van der Waals surface area contributed by atoms with Crippen molar-refractivity contribution in [3.05, 3.63) is 34.9 Å². The van der Waals surface area contributed by atoms with Crippen molar-refractivity contribution < 1.29 is 0 Å². The summed E-state index contributed by atoms with van der Waals surface area (Å²) in [5.41, 5.74) is 0.965. The van der Waals surface area contributed by atoms with E-state index < -0.39 is 0 Å². The molecular weight excluding hydrogens is 256 g/mol. The van der Waals surface area contributed by atoms with Crippen LogP contribution < -0.4 is 0 Å². The topological polar surface area (TPSA) is 43.1 Å². The van der Waals surface area contributed by atoms with Crippen LogP contribution >= 0.6 is 23.4 Å². The third-order valence-electron chi connectivity index (χ3n) is 2.09. The summed E-state index contributed by atoms with van der Waals surface area (Å²) in [6, 6.07) is 7.43. The number of halogens is 1. The Morgan fingerprint density at radius 3 is 2.65 bits per heavy atom. The first-order chi connectivity index (χ1) is 8.19. The highest BCUT2D eigenvalue weighted by Gasteiger charge is 2.03. The third kappa shape index (κ3) is 3.08. The van der Waals surface area contributed by atoms with Gasteiger partial charge in [0.05, 0.1) is 0 Å². The summed E-state index contributed by atoms with van der Waals surface area (Å²) in [5, 5.41) is 5.73. The lowest BCUT2D eigenvalue weighted by Gasteiger charge is -1.91. The van der Waals surface area contributed by atoms with E-state index >= 15 is 0 Å². The number of aryl methyl sites for hydroxylation is 1. The molecule has 1 aromatic carbocycles. The van der Waals surface area contributed by atoms with Gasteiger partial charge in [0.15, 0.2) is 5.16 Å². The van der Waals surface area contributed by atoms with Gasteiger partial charge >= 0.3 is 0 Å². The number of hydrogen-bond acceptors (Lipinski definition) is 4. The van der Waals surface area contributed by atoms with E-state index in [1.165, 1.54) is 11.8 Å². The molecule has 2 aromatic rings. The van der Waals surface area contributed by atoms with Crippen molar-refractivity contribution in [2.75, 3.05) is 6.26 Å². The minimum Gasteiger partial charge on any atom is -0.242 e. The molecule has 0 aliphatic heterocycles. The van der Waals surface area contributed by atoms with Crippen LogP contribution in [0, 0.1) is 0 Å². The fourth-order valence-corrected chi connectivity index (χ4v) is 1.87. The highest BCUT2D eigenvalue weighted by atomic mass is 35.5. The summed E-state index contributed by atoms with van der Waals surface area (Å²) >= 11 is 7.33. The molecule has 0 aliphatic carbocycles. The zero-order chi connectivity index (χ0) is 12.3. The molecule has 0 amide bonds. The minimum atomic E-state index is 0.465. The van der Waals surface area contributed by atoms with E-state index in [0.717, 1.165) is 10.7 Å². The predicted octanol–water partition coefficient (Wildman–Crippen LogP) is 2.94. The largest absolute Gasteiger partial charge is 0.269 e. The van der Waals surface area contributed by atoms with E-state index in [1.54, 1.807) is 10.9 Å². The van der Waals surface area contributed by atoms with Crippen LogP contribution in [0.5, 0.6) is 0 Å². The summed E-state index contributed by atoms with van der Waals surface area (Å²) in [6.45, 7) is 0. The zero-order valence-electron chi connectivity index (χ0n) is 9.46. The minimum absolute atomic E-state index is 0.465. The SMILES string of the molecule is CSc1nc(N=Cc2ccc(Cl)cc2)nn1C. The fourth-order valence-electron chi connectivity index (χ4n) is 1.27. The molecule has 1 aromatic heterocycles. The van der Waals surface area contributed by atoms with E-state index in [-0.39, 0.29) is 0 Å². The Morgan fingerprint density at radius 1 is 1.35 bits per heavy atom. The van der Waals surface area contributed by atoms with E-state index in [4.69, 9.17) is 11.6 Å². The molecular formula is C11H11ClN4S. The Balaban J connectivity index is 2.17. The summed E-state index contributed by atoms with van der Waals surface area (Å²) in [4.78, 5) is 8.46. The van der Waals surface area contributed by atoms with Gasteiger partial charge in [0.1, 0.15) is 0 Å². The Bertz CT molecular complexity index is 533. The van der Waals surface area contributed by atoms with Crippen LogP contribution in [0.3, 0.4) is 0 Å². The second kappa shape index (κ2) is 5.33. The second-order valence-electron chi connectivity index (χ2n) is 3.33. The molecule has 17 heavy (non-hydrogen) atoms. The molecule has 88 valence electrons. The molecule has 0 saturated carbocycles. The van der Waals surface area contributed by atoms with Gasteiger partial charge in [-0.25, -0.2) is 9.67 Å². The molecule has 0 N–H and O–H groups in total. The lowest BCUT2D eigenvalue weighted by molar-refractivity contribution is 0.686. The molecule has 0 spiro atoms. The summed E-state index contributed by atoms with van der Waals surface area (Å²) in [5.74, 6) is 0.465. The number of aromatic nitrogens is 3. The third-order valence-corrected chi connectivity index (χ3v) is 3.07. The Kier molecular flexibility index (Phi) is 3.81. The number of rotatable bonds is 3. The monoisotopic (exact) mass is 266 g/mol. The molecule has 4 nitrogen and oxygen atoms in total. The van der Waals surface area contributed by atoms with E-state index in [2.05, 4.69) is 15.1 Å². The first-order valence-corrected chi connectivity index (χ1v) is 6.54. The van der Waals surface area contributed by atoms with Gasteiger partial charge in [0, 0.05) is 18.3 Å². The highest BCUT2D eigenvalue weighted by Crippen LogP contribution is 2.15. The average molecular weight is 267 g/mol. The maximum absolute atomic E-state index is 5.80. The van der Waals surface area contributed by atoms with Crippen LogP contribution in [0.1, 0.15) is 5.56 Å². The second-order valence-corrected chi connectivity index (χ2v) is 4.54. The Hall–Kier alpha value is -1.33. The maximum Gasteiger partial charge on any atom is 0.269 e. The van der Waals surface area contributed by atoms with Crippen molar-refractivity contribution in [3.63, 3.8) is 0 Å². The van der Waals surface area contributed by atoms with Crippen molar-refractivity contribution in [1.82, 2.24) is 14.8 Å². The normalized spacial score (nSPS) is 11.2. The van der Waals surface area contributed by atoms with Crippen LogP contribution in [0.2, 0.25) is 5.02 Å². The molecule has 6 heteroatoms. The predicted molar refractivity (Wildman–Crippen MR) is 71.5 cm³/mol. The van der Waals surface area contributed by atoms with E-state index in [1.807, 2.05) is 37.6 Å². The quantitative estimate of drug-likeness (QED) is 0.634. The van der Waals surface area contributed by atoms with Gasteiger partial charge in [-0.05, 0) is 24.0 Å². The van der Waals surface area contributed by atoms with Crippen LogP contribution in [0.25, 0.3) is 0 Å². The number of aliphatic imine (C=N–C) groups is 1. The van der Waals surface area contributed by atoms with Crippen LogP contribution in [0.4, 0.5) is 5.95 Å². The van der Waals surface area contributed by atoms with Crippen molar-refractivity contribution in [1.29, 1.82) is 0 Å². The highest BCUT2D eigenvalue weighted by molar-refractivity contribution is 7.98. The first-order valence-electron chi connectivity index (χ1n) is 4.93. The van der Waals surface area contributed by atoms with Crippen LogP contribution in [-0.4, -0.2) is 27.2 Å². The van der Waals surface area contributed by atoms with Crippen molar-refractivity contribution in [2.45, 2.75) is 5.16 Å². The Morgan fingerprint density at radius 2 is 2.06 bits per heavy atom. The van der Waals surface area contributed by atoms with Gasteiger partial charge < -0.3 is 0 Å². The smallest absolute Gasteiger partial charge is 0.242 e. The maximum atomic E-state index is 5.80. The average Bonchev–Trinajstić information content (AvgIpc) is 2.69. The van der Waals surface area contributed by atoms with Gasteiger partial charge in [0.2, 0.25) is 0 Å². The molecule has 0 unspecified atom stereocenters. The fraction of sp³-hybridized carbons (Fsp3) is 0.182. The van der Waals surface area contributed by atoms with Crippen molar-refractivity contribution in [3.8, 4) is 0 Å². The molecule has 1 heterocycles. The summed E-state index contributed by atoms with van der Waals surface area (Å²) < 4.78 is 1.71. The van der Waals surface area contributed by atoms with Gasteiger partial charge in [-0.15, -0.1) is 5.10 Å². The lowest BCUT2D eigenvalue weighted by Crippen LogP contribution is -1.91. The van der Waals surface area contributed by atoms with Gasteiger partial charge in [0.25, 0.3) is 5.95 Å². The van der Waals surface area contributed by atoms with Crippen molar-refractivity contribution in [2.24, 2.45) is 12.0 Å². The van der Waals surface area contributed by atoms with Crippen LogP contribution in [0.15, 0.2) is 34.4 Å². The van der Waals surface area contributed by atoms with Crippen molar-refractivity contribution >= 4 is 35.5 Å². The molecule has 0 atom stereocenters. The molecule has 2 rings (SSSR count). The number of nitrogens with zero attached hydrogens (tertiary/aromatic N) is 4. The zero-order valence-corrected chi connectivity index (χ0v) is 11.0. The summed E-state index contributed by atoms with van der Waals surface area (Å²) in [6.07, 6.45) is 3.67. The number of benzene rings is 1. The van der Waals surface area contributed by atoms with Gasteiger partial charge in [-0.3, -0.25) is 0 Å². The van der Waals surface area contributed by atoms with Crippen LogP contribution in [-0.2, 0) is 7.05 Å².